The van der Waals surface area contributed by atoms with E-state index in [0.29, 0.717) is 12.5 Å². The lowest BCUT2D eigenvalue weighted by atomic mass is 9.88. The highest BCUT2D eigenvalue weighted by Crippen LogP contribution is 2.34. The predicted octanol–water partition coefficient (Wildman–Crippen LogP) is 3.85. The van der Waals surface area contributed by atoms with Crippen molar-refractivity contribution in [1.29, 1.82) is 0 Å². The highest BCUT2D eigenvalue weighted by Gasteiger charge is 2.24. The van der Waals surface area contributed by atoms with Gasteiger partial charge in [-0.25, -0.2) is 0 Å². The summed E-state index contributed by atoms with van der Waals surface area (Å²) in [4.78, 5) is 1.40. The van der Waals surface area contributed by atoms with Gasteiger partial charge in [0.1, 0.15) is 0 Å². The molecule has 0 aliphatic heterocycles. The summed E-state index contributed by atoms with van der Waals surface area (Å²) in [7, 11) is 0. The standard InChI is InChI=1S/C12H17BrOS/c13-12-6-5-11(15-12)7-10(8-14)9-3-1-2-4-9/h5-6,9-10,14H,1-4,7-8H2. The van der Waals surface area contributed by atoms with Crippen LogP contribution in [-0.2, 0) is 6.42 Å². The van der Waals surface area contributed by atoms with Crippen LogP contribution in [0.15, 0.2) is 15.9 Å². The normalized spacial score (nSPS) is 19.6. The number of hydrogen-bond acceptors (Lipinski definition) is 2. The molecule has 1 fully saturated rings. The quantitative estimate of drug-likeness (QED) is 0.892. The molecule has 1 atom stereocenters. The molecule has 1 aromatic heterocycles. The Hall–Kier alpha value is 0.140. The van der Waals surface area contributed by atoms with E-state index in [1.807, 2.05) is 0 Å². The Morgan fingerprint density at radius 2 is 2.13 bits per heavy atom. The first-order valence-electron chi connectivity index (χ1n) is 5.64. The van der Waals surface area contributed by atoms with Crippen LogP contribution in [0.25, 0.3) is 0 Å². The van der Waals surface area contributed by atoms with Crippen molar-refractivity contribution in [2.24, 2.45) is 11.8 Å². The van der Waals surface area contributed by atoms with E-state index in [2.05, 4.69) is 28.1 Å². The summed E-state index contributed by atoms with van der Waals surface area (Å²) in [5.41, 5.74) is 0. The molecule has 3 heteroatoms. The second-order valence-electron chi connectivity index (χ2n) is 4.40. The lowest BCUT2D eigenvalue weighted by Gasteiger charge is -2.20. The van der Waals surface area contributed by atoms with E-state index in [4.69, 9.17) is 0 Å². The molecule has 0 spiro atoms. The molecule has 1 unspecified atom stereocenters. The summed E-state index contributed by atoms with van der Waals surface area (Å²) >= 11 is 5.28. The van der Waals surface area contributed by atoms with Gasteiger partial charge < -0.3 is 5.11 Å². The fraction of sp³-hybridized carbons (Fsp3) is 0.667. The van der Waals surface area contributed by atoms with Gasteiger partial charge in [0.25, 0.3) is 0 Å². The van der Waals surface area contributed by atoms with Gasteiger partial charge in [0.15, 0.2) is 0 Å². The van der Waals surface area contributed by atoms with Gasteiger partial charge in [0.05, 0.1) is 3.79 Å². The van der Waals surface area contributed by atoms with Crippen LogP contribution in [0, 0.1) is 11.8 Å². The van der Waals surface area contributed by atoms with Crippen LogP contribution in [0.5, 0.6) is 0 Å². The van der Waals surface area contributed by atoms with E-state index in [9.17, 15) is 5.11 Å². The lowest BCUT2D eigenvalue weighted by Crippen LogP contribution is -2.18. The number of halogens is 1. The summed E-state index contributed by atoms with van der Waals surface area (Å²) in [5, 5.41) is 9.45. The molecule has 1 saturated carbocycles. The number of thiophene rings is 1. The van der Waals surface area contributed by atoms with Crippen molar-refractivity contribution in [2.75, 3.05) is 6.61 Å². The third-order valence-electron chi connectivity index (χ3n) is 3.39. The van der Waals surface area contributed by atoms with Gasteiger partial charge in [-0.05, 0) is 46.3 Å². The molecule has 1 N–H and O–H groups in total. The van der Waals surface area contributed by atoms with Gasteiger partial charge in [-0.2, -0.15) is 0 Å². The van der Waals surface area contributed by atoms with Gasteiger partial charge in [-0.15, -0.1) is 11.3 Å². The van der Waals surface area contributed by atoms with Gasteiger partial charge in [-0.3, -0.25) is 0 Å². The molecule has 2 rings (SSSR count). The van der Waals surface area contributed by atoms with Crippen LogP contribution < -0.4 is 0 Å². The maximum absolute atomic E-state index is 9.45. The van der Waals surface area contributed by atoms with Crippen molar-refractivity contribution in [3.05, 3.63) is 20.8 Å². The molecule has 1 nitrogen and oxygen atoms in total. The Kier molecular flexibility index (Phi) is 4.23. The maximum Gasteiger partial charge on any atom is 0.0701 e. The monoisotopic (exact) mass is 288 g/mol. The second-order valence-corrected chi connectivity index (χ2v) is 6.94. The molecule has 1 aliphatic carbocycles. The molecule has 0 radical (unpaired) electrons. The molecule has 1 heterocycles. The summed E-state index contributed by atoms with van der Waals surface area (Å²) in [6.45, 7) is 0.347. The smallest absolute Gasteiger partial charge is 0.0701 e. The van der Waals surface area contributed by atoms with Gasteiger partial charge >= 0.3 is 0 Å². The number of hydrogen-bond donors (Lipinski definition) is 1. The van der Waals surface area contributed by atoms with Crippen LogP contribution in [0.2, 0.25) is 0 Å². The summed E-state index contributed by atoms with van der Waals surface area (Å²) in [6, 6.07) is 4.27. The van der Waals surface area contributed by atoms with E-state index in [1.54, 1.807) is 11.3 Å². The van der Waals surface area contributed by atoms with Crippen LogP contribution in [-0.4, -0.2) is 11.7 Å². The number of aliphatic hydroxyl groups excluding tert-OH is 1. The zero-order valence-corrected chi connectivity index (χ0v) is 11.2. The summed E-state index contributed by atoms with van der Waals surface area (Å²) in [5.74, 6) is 1.24. The average Bonchev–Trinajstić information content (AvgIpc) is 2.85. The number of aliphatic hydroxyl groups is 1. The van der Waals surface area contributed by atoms with E-state index in [-0.39, 0.29) is 0 Å². The van der Waals surface area contributed by atoms with Crippen molar-refractivity contribution in [2.45, 2.75) is 32.1 Å². The molecule has 0 bridgehead atoms. The van der Waals surface area contributed by atoms with Gasteiger partial charge in [-0.1, -0.05) is 25.7 Å². The second kappa shape index (κ2) is 5.46. The molecule has 84 valence electrons. The van der Waals surface area contributed by atoms with Crippen molar-refractivity contribution >= 4 is 27.3 Å². The van der Waals surface area contributed by atoms with E-state index >= 15 is 0 Å². The minimum Gasteiger partial charge on any atom is -0.396 e. The first-order valence-corrected chi connectivity index (χ1v) is 7.25. The molecule has 1 aromatic rings. The molecule has 0 aromatic carbocycles. The Morgan fingerprint density at radius 1 is 1.40 bits per heavy atom. The SMILES string of the molecule is OCC(Cc1ccc(Br)s1)C1CCCC1. The minimum atomic E-state index is 0.347. The molecule has 0 saturated heterocycles. The van der Waals surface area contributed by atoms with Crippen LogP contribution >= 0.6 is 27.3 Å². The molecular weight excluding hydrogens is 272 g/mol. The largest absolute Gasteiger partial charge is 0.396 e. The molecule has 15 heavy (non-hydrogen) atoms. The first kappa shape index (κ1) is 11.6. The van der Waals surface area contributed by atoms with Crippen molar-refractivity contribution in [1.82, 2.24) is 0 Å². The topological polar surface area (TPSA) is 20.2 Å². The van der Waals surface area contributed by atoms with Crippen LogP contribution in [0.1, 0.15) is 30.6 Å². The van der Waals surface area contributed by atoms with Crippen molar-refractivity contribution in [3.8, 4) is 0 Å². The fourth-order valence-electron chi connectivity index (χ4n) is 2.53. The predicted molar refractivity (Wildman–Crippen MR) is 68.3 cm³/mol. The van der Waals surface area contributed by atoms with E-state index in [1.165, 1.54) is 34.3 Å². The van der Waals surface area contributed by atoms with Crippen molar-refractivity contribution in [3.63, 3.8) is 0 Å². The summed E-state index contributed by atoms with van der Waals surface area (Å²) < 4.78 is 1.20. The Labute approximate surface area is 104 Å². The lowest BCUT2D eigenvalue weighted by molar-refractivity contribution is 0.176. The first-order chi connectivity index (χ1) is 7.29. The highest BCUT2D eigenvalue weighted by molar-refractivity contribution is 9.11. The molecule has 0 amide bonds. The van der Waals surface area contributed by atoms with Crippen LogP contribution in [0.4, 0.5) is 0 Å². The Morgan fingerprint density at radius 3 is 2.67 bits per heavy atom. The highest BCUT2D eigenvalue weighted by atomic mass is 79.9. The van der Waals surface area contributed by atoms with Crippen molar-refractivity contribution < 1.29 is 5.11 Å². The Balaban J connectivity index is 1.95. The number of rotatable bonds is 4. The molecule has 1 aliphatic rings. The van der Waals surface area contributed by atoms with E-state index < -0.39 is 0 Å². The third-order valence-corrected chi connectivity index (χ3v) is 5.04. The zero-order chi connectivity index (χ0) is 10.7. The Bertz CT molecular complexity index is 304. The van der Waals surface area contributed by atoms with E-state index in [0.717, 1.165) is 12.3 Å². The zero-order valence-electron chi connectivity index (χ0n) is 8.79. The molecular formula is C12H17BrOS. The average molecular weight is 289 g/mol. The third kappa shape index (κ3) is 3.05. The fourth-order valence-corrected chi connectivity index (χ4v) is 4.10. The minimum absolute atomic E-state index is 0.347. The maximum atomic E-state index is 9.45. The van der Waals surface area contributed by atoms with Crippen LogP contribution in [0.3, 0.4) is 0 Å². The van der Waals surface area contributed by atoms with Gasteiger partial charge in [0.2, 0.25) is 0 Å². The van der Waals surface area contributed by atoms with Gasteiger partial charge in [0, 0.05) is 11.5 Å². The summed E-state index contributed by atoms with van der Waals surface area (Å²) in [6.07, 6.45) is 6.40.